The lowest BCUT2D eigenvalue weighted by atomic mass is 10.0. The summed E-state index contributed by atoms with van der Waals surface area (Å²) in [6, 6.07) is 6.96. The number of aromatic nitrogens is 2. The Labute approximate surface area is 134 Å². The smallest absolute Gasteiger partial charge is 0.247 e. The maximum Gasteiger partial charge on any atom is 0.247 e. The van der Waals surface area contributed by atoms with Crippen LogP contribution in [0.3, 0.4) is 0 Å². The van der Waals surface area contributed by atoms with Gasteiger partial charge in [0, 0.05) is 10.6 Å². The fourth-order valence-electron chi connectivity index (χ4n) is 2.74. The molecule has 0 aliphatic heterocycles. The molecule has 5 nitrogen and oxygen atoms in total. The first-order valence-corrected chi connectivity index (χ1v) is 9.44. The Morgan fingerprint density at radius 2 is 1.77 bits per heavy atom. The van der Waals surface area contributed by atoms with Gasteiger partial charge < -0.3 is 4.42 Å². The maximum absolute atomic E-state index is 12.4. The van der Waals surface area contributed by atoms with Crippen LogP contribution in [0.25, 0.3) is 11.5 Å². The minimum Gasteiger partial charge on any atom is -0.420 e. The highest BCUT2D eigenvalue weighted by Crippen LogP contribution is 2.27. The van der Waals surface area contributed by atoms with Crippen LogP contribution in [0.2, 0.25) is 5.02 Å². The van der Waals surface area contributed by atoms with E-state index in [2.05, 4.69) is 10.2 Å². The molecule has 1 aromatic heterocycles. The summed E-state index contributed by atoms with van der Waals surface area (Å²) >= 11 is 5.83. The van der Waals surface area contributed by atoms with E-state index >= 15 is 0 Å². The molecule has 1 aliphatic carbocycles. The Morgan fingerprint density at radius 1 is 1.09 bits per heavy atom. The third-order valence-electron chi connectivity index (χ3n) is 3.94. The van der Waals surface area contributed by atoms with Gasteiger partial charge in [-0.2, -0.15) is 0 Å². The topological polar surface area (TPSA) is 73.1 Å². The molecule has 0 N–H and O–H groups in total. The largest absolute Gasteiger partial charge is 0.420 e. The van der Waals surface area contributed by atoms with E-state index in [0.29, 0.717) is 10.9 Å². The average Bonchev–Trinajstić information content (AvgIpc) is 2.97. The molecule has 3 rings (SSSR count). The highest BCUT2D eigenvalue weighted by atomic mass is 35.5. The van der Waals surface area contributed by atoms with Gasteiger partial charge in [0.1, 0.15) is 5.75 Å². The van der Waals surface area contributed by atoms with Gasteiger partial charge in [-0.15, -0.1) is 10.2 Å². The van der Waals surface area contributed by atoms with Gasteiger partial charge in [0.2, 0.25) is 11.8 Å². The molecule has 0 amide bonds. The summed E-state index contributed by atoms with van der Waals surface area (Å²) in [7, 11) is -3.23. The molecular formula is C15H17ClN2O3S. The molecule has 2 aromatic rings. The molecule has 1 heterocycles. The van der Waals surface area contributed by atoms with Crippen molar-refractivity contribution in [3.63, 3.8) is 0 Å². The maximum atomic E-state index is 12.4. The monoisotopic (exact) mass is 340 g/mol. The first kappa shape index (κ1) is 15.5. The summed E-state index contributed by atoms with van der Waals surface area (Å²) < 4.78 is 30.3. The fourth-order valence-corrected chi connectivity index (χ4v) is 4.61. The molecule has 0 saturated heterocycles. The van der Waals surface area contributed by atoms with Gasteiger partial charge in [0.15, 0.2) is 9.84 Å². The van der Waals surface area contributed by atoms with Crippen molar-refractivity contribution in [1.82, 2.24) is 10.2 Å². The minimum absolute atomic E-state index is 0.149. The molecule has 0 bridgehead atoms. The minimum atomic E-state index is -3.23. The second-order valence-corrected chi connectivity index (χ2v) is 8.29. The van der Waals surface area contributed by atoms with E-state index in [1.807, 2.05) is 0 Å². The Hall–Kier alpha value is -1.40. The Morgan fingerprint density at radius 3 is 2.45 bits per heavy atom. The standard InChI is InChI=1S/C15H17ClN2O3S/c16-12-8-6-11(7-9-12)15-18-17-14(21-15)10-22(19,20)13-4-2-1-3-5-13/h6-9,13H,1-5,10H2. The lowest BCUT2D eigenvalue weighted by Gasteiger charge is -2.20. The van der Waals surface area contributed by atoms with Crippen molar-refractivity contribution >= 4 is 21.4 Å². The third-order valence-corrected chi connectivity index (χ3v) is 6.33. The van der Waals surface area contributed by atoms with Crippen LogP contribution < -0.4 is 0 Å². The molecule has 1 fully saturated rings. The molecule has 1 aliphatic rings. The number of nitrogens with zero attached hydrogens (tertiary/aromatic N) is 2. The number of rotatable bonds is 4. The van der Waals surface area contributed by atoms with Gasteiger partial charge in [-0.25, -0.2) is 8.42 Å². The van der Waals surface area contributed by atoms with E-state index in [1.54, 1.807) is 24.3 Å². The number of benzene rings is 1. The predicted molar refractivity (Wildman–Crippen MR) is 84.2 cm³/mol. The normalized spacial score (nSPS) is 16.8. The molecule has 22 heavy (non-hydrogen) atoms. The van der Waals surface area contributed by atoms with Crippen molar-refractivity contribution in [3.05, 3.63) is 35.2 Å². The van der Waals surface area contributed by atoms with Crippen molar-refractivity contribution in [1.29, 1.82) is 0 Å². The number of hydrogen-bond donors (Lipinski definition) is 0. The number of hydrogen-bond acceptors (Lipinski definition) is 5. The van der Waals surface area contributed by atoms with Gasteiger partial charge in [0.05, 0.1) is 5.25 Å². The van der Waals surface area contributed by atoms with E-state index in [9.17, 15) is 8.42 Å². The zero-order valence-electron chi connectivity index (χ0n) is 12.0. The van der Waals surface area contributed by atoms with E-state index in [0.717, 1.165) is 37.7 Å². The lowest BCUT2D eigenvalue weighted by Crippen LogP contribution is -2.25. The third kappa shape index (κ3) is 3.50. The highest BCUT2D eigenvalue weighted by Gasteiger charge is 2.29. The summed E-state index contributed by atoms with van der Waals surface area (Å²) in [5, 5.41) is 8.13. The average molecular weight is 341 g/mol. The van der Waals surface area contributed by atoms with Crippen molar-refractivity contribution in [2.24, 2.45) is 0 Å². The summed E-state index contributed by atoms with van der Waals surface area (Å²) in [5.74, 6) is 0.277. The fraction of sp³-hybridized carbons (Fsp3) is 0.467. The molecule has 0 atom stereocenters. The number of sulfone groups is 1. The Kier molecular flexibility index (Phi) is 4.49. The van der Waals surface area contributed by atoms with Crippen molar-refractivity contribution in [2.75, 3.05) is 0 Å². The Balaban J connectivity index is 1.75. The molecule has 0 radical (unpaired) electrons. The van der Waals surface area contributed by atoms with Gasteiger partial charge in [-0.3, -0.25) is 0 Å². The number of halogens is 1. The van der Waals surface area contributed by atoms with E-state index in [4.69, 9.17) is 16.0 Å². The lowest BCUT2D eigenvalue weighted by molar-refractivity contribution is 0.475. The van der Waals surface area contributed by atoms with Crippen LogP contribution in [0.15, 0.2) is 28.7 Å². The van der Waals surface area contributed by atoms with Crippen LogP contribution in [0.5, 0.6) is 0 Å². The first-order valence-electron chi connectivity index (χ1n) is 7.34. The van der Waals surface area contributed by atoms with E-state index in [1.165, 1.54) is 0 Å². The SMILES string of the molecule is O=S(=O)(Cc1nnc(-c2ccc(Cl)cc2)o1)C1CCCCC1. The summed E-state index contributed by atoms with van der Waals surface area (Å²) in [5.41, 5.74) is 0.721. The molecule has 0 unspecified atom stereocenters. The van der Waals surface area contributed by atoms with Crippen LogP contribution in [0.1, 0.15) is 38.0 Å². The van der Waals surface area contributed by atoms with Gasteiger partial charge >= 0.3 is 0 Å². The van der Waals surface area contributed by atoms with Gasteiger partial charge in [0.25, 0.3) is 0 Å². The zero-order valence-corrected chi connectivity index (χ0v) is 13.6. The second kappa shape index (κ2) is 6.38. The first-order chi connectivity index (χ1) is 10.5. The molecule has 1 saturated carbocycles. The van der Waals surface area contributed by atoms with Crippen LogP contribution in [0.4, 0.5) is 0 Å². The summed E-state index contributed by atoms with van der Waals surface area (Å²) in [6.07, 6.45) is 4.54. The van der Waals surface area contributed by atoms with Crippen molar-refractivity contribution in [2.45, 2.75) is 43.1 Å². The molecule has 1 aromatic carbocycles. The van der Waals surface area contributed by atoms with E-state index in [-0.39, 0.29) is 16.9 Å². The predicted octanol–water partition coefficient (Wildman–Crippen LogP) is 3.64. The van der Waals surface area contributed by atoms with Crippen LogP contribution in [-0.2, 0) is 15.6 Å². The molecule has 118 valence electrons. The van der Waals surface area contributed by atoms with Crippen LogP contribution >= 0.6 is 11.6 Å². The van der Waals surface area contributed by atoms with Crippen molar-refractivity contribution < 1.29 is 12.8 Å². The quantitative estimate of drug-likeness (QED) is 0.849. The van der Waals surface area contributed by atoms with Crippen LogP contribution in [0, 0.1) is 0 Å². The second-order valence-electron chi connectivity index (χ2n) is 5.58. The summed E-state index contributed by atoms with van der Waals surface area (Å²) in [4.78, 5) is 0. The van der Waals surface area contributed by atoms with Crippen LogP contribution in [-0.4, -0.2) is 23.9 Å². The zero-order chi connectivity index (χ0) is 15.6. The van der Waals surface area contributed by atoms with Gasteiger partial charge in [-0.1, -0.05) is 30.9 Å². The molecular weight excluding hydrogens is 324 g/mol. The van der Waals surface area contributed by atoms with Crippen molar-refractivity contribution in [3.8, 4) is 11.5 Å². The van der Waals surface area contributed by atoms with Gasteiger partial charge in [-0.05, 0) is 37.1 Å². The summed E-state index contributed by atoms with van der Waals surface area (Å²) in [6.45, 7) is 0. The highest BCUT2D eigenvalue weighted by molar-refractivity contribution is 7.91. The molecule has 7 heteroatoms. The Bertz CT molecular complexity index is 734. The molecule has 0 spiro atoms. The van der Waals surface area contributed by atoms with E-state index < -0.39 is 9.84 Å².